The molecule has 1 aliphatic heterocycles. The van der Waals surface area contributed by atoms with Crippen molar-refractivity contribution in [3.8, 4) is 0 Å². The fraction of sp³-hybridized carbons (Fsp3) is 0.192. The van der Waals surface area contributed by atoms with Gasteiger partial charge in [0.1, 0.15) is 11.2 Å². The summed E-state index contributed by atoms with van der Waals surface area (Å²) in [5.41, 5.74) is 2.46. The van der Waals surface area contributed by atoms with Gasteiger partial charge < -0.3 is 9.80 Å². The molecule has 4 aromatic rings. The Morgan fingerprint density at radius 2 is 1.70 bits per heavy atom. The van der Waals surface area contributed by atoms with Crippen LogP contribution in [0.1, 0.15) is 15.9 Å². The molecule has 0 atom stereocenters. The van der Waals surface area contributed by atoms with Crippen molar-refractivity contribution in [2.24, 2.45) is 0 Å². The third-order valence-corrected chi connectivity index (χ3v) is 6.24. The lowest BCUT2D eigenvalue weighted by Gasteiger charge is -2.36. The van der Waals surface area contributed by atoms with E-state index in [0.717, 1.165) is 16.6 Å². The summed E-state index contributed by atoms with van der Waals surface area (Å²) in [6, 6.07) is 22.8. The van der Waals surface area contributed by atoms with Gasteiger partial charge >= 0.3 is 0 Å². The van der Waals surface area contributed by atoms with Gasteiger partial charge in [0.05, 0.1) is 6.54 Å². The summed E-state index contributed by atoms with van der Waals surface area (Å²) in [5, 5.41) is 1.46. The Morgan fingerprint density at radius 3 is 2.45 bits per heavy atom. The van der Waals surface area contributed by atoms with Gasteiger partial charge in [-0.1, -0.05) is 48.0 Å². The second-order valence-electron chi connectivity index (χ2n) is 8.11. The van der Waals surface area contributed by atoms with Crippen LogP contribution in [0.15, 0.2) is 83.8 Å². The molecule has 6 nitrogen and oxygen atoms in total. The molecular formula is C26H23ClN4O2. The highest BCUT2D eigenvalue weighted by Crippen LogP contribution is 2.21. The van der Waals surface area contributed by atoms with Crippen LogP contribution in [0.3, 0.4) is 0 Å². The zero-order valence-corrected chi connectivity index (χ0v) is 18.8. The minimum absolute atomic E-state index is 0.183. The van der Waals surface area contributed by atoms with E-state index in [1.807, 2.05) is 66.7 Å². The predicted molar refractivity (Wildman–Crippen MR) is 131 cm³/mol. The summed E-state index contributed by atoms with van der Waals surface area (Å²) in [4.78, 5) is 35.2. The Hall–Kier alpha value is -3.64. The lowest BCUT2D eigenvalue weighted by Crippen LogP contribution is -2.50. The van der Waals surface area contributed by atoms with Crippen LogP contribution in [-0.4, -0.2) is 46.5 Å². The van der Waals surface area contributed by atoms with E-state index in [9.17, 15) is 9.59 Å². The second-order valence-corrected chi connectivity index (χ2v) is 8.55. The molecule has 0 radical (unpaired) electrons. The number of carbonyl (C=O) groups excluding carboxylic acids is 1. The molecule has 7 heteroatoms. The van der Waals surface area contributed by atoms with Crippen LogP contribution in [0.2, 0.25) is 5.02 Å². The summed E-state index contributed by atoms with van der Waals surface area (Å²) in [7, 11) is 0. The standard InChI is InChI=1S/C26H23ClN4O2/c27-21-9-4-10-22(17-21)29-12-14-30(15-13-29)25(32)23-16-20-8-5-11-28-24(20)31(26(23)33)18-19-6-2-1-3-7-19/h1-11,16-17H,12-15,18H2. The number of hydrogen-bond acceptors (Lipinski definition) is 4. The fourth-order valence-corrected chi connectivity index (χ4v) is 4.47. The maximum absolute atomic E-state index is 13.4. The SMILES string of the molecule is O=C(c1cc2cccnc2n(Cc2ccccc2)c1=O)N1CCN(c2cccc(Cl)c2)CC1. The van der Waals surface area contributed by atoms with Crippen molar-refractivity contribution in [2.75, 3.05) is 31.1 Å². The lowest BCUT2D eigenvalue weighted by molar-refractivity contribution is 0.0744. The first-order chi connectivity index (χ1) is 16.1. The van der Waals surface area contributed by atoms with Gasteiger partial charge in [-0.15, -0.1) is 0 Å². The number of piperazine rings is 1. The van der Waals surface area contributed by atoms with Crippen molar-refractivity contribution in [2.45, 2.75) is 6.54 Å². The van der Waals surface area contributed by atoms with Crippen molar-refractivity contribution in [3.63, 3.8) is 0 Å². The van der Waals surface area contributed by atoms with Crippen molar-refractivity contribution in [1.82, 2.24) is 14.5 Å². The molecule has 33 heavy (non-hydrogen) atoms. The number of rotatable bonds is 4. The van der Waals surface area contributed by atoms with Crippen LogP contribution in [0.25, 0.3) is 11.0 Å². The van der Waals surface area contributed by atoms with E-state index in [-0.39, 0.29) is 17.0 Å². The second kappa shape index (κ2) is 9.08. The Balaban J connectivity index is 1.43. The summed E-state index contributed by atoms with van der Waals surface area (Å²) in [5.74, 6) is -0.238. The minimum atomic E-state index is -0.313. The molecule has 166 valence electrons. The Kier molecular flexibility index (Phi) is 5.84. The van der Waals surface area contributed by atoms with Gasteiger partial charge in [-0.3, -0.25) is 14.2 Å². The Bertz CT molecular complexity index is 1360. The molecular weight excluding hydrogens is 436 g/mol. The number of pyridine rings is 2. The average molecular weight is 459 g/mol. The zero-order valence-electron chi connectivity index (χ0n) is 18.0. The first-order valence-electron chi connectivity index (χ1n) is 10.9. The van der Waals surface area contributed by atoms with Crippen molar-refractivity contribution in [3.05, 3.63) is 105 Å². The number of fused-ring (bicyclic) bond motifs is 1. The van der Waals surface area contributed by atoms with Gasteiger partial charge in [0.2, 0.25) is 0 Å². The number of benzene rings is 2. The highest BCUT2D eigenvalue weighted by molar-refractivity contribution is 6.30. The molecule has 0 saturated carbocycles. The zero-order chi connectivity index (χ0) is 22.8. The third kappa shape index (κ3) is 4.34. The van der Waals surface area contributed by atoms with Gasteiger partial charge in [0.15, 0.2) is 0 Å². The maximum Gasteiger partial charge on any atom is 0.265 e. The highest BCUT2D eigenvalue weighted by atomic mass is 35.5. The van der Waals surface area contributed by atoms with Gasteiger partial charge in [0.25, 0.3) is 11.5 Å². The molecule has 5 rings (SSSR count). The molecule has 0 N–H and O–H groups in total. The van der Waals surface area contributed by atoms with Gasteiger partial charge in [-0.2, -0.15) is 0 Å². The summed E-state index contributed by atoms with van der Waals surface area (Å²) in [6.45, 7) is 2.79. The van der Waals surface area contributed by atoms with Crippen LogP contribution in [0.4, 0.5) is 5.69 Å². The molecule has 0 unspecified atom stereocenters. The average Bonchev–Trinajstić information content (AvgIpc) is 2.86. The van der Waals surface area contributed by atoms with Crippen molar-refractivity contribution < 1.29 is 4.79 Å². The third-order valence-electron chi connectivity index (χ3n) is 6.00. The first-order valence-corrected chi connectivity index (χ1v) is 11.3. The Morgan fingerprint density at radius 1 is 0.909 bits per heavy atom. The predicted octanol–water partition coefficient (Wildman–Crippen LogP) is 4.06. The van der Waals surface area contributed by atoms with Crippen molar-refractivity contribution in [1.29, 1.82) is 0 Å². The number of aromatic nitrogens is 2. The molecule has 1 aliphatic rings. The number of amides is 1. The topological polar surface area (TPSA) is 58.4 Å². The number of carbonyl (C=O) groups is 1. The minimum Gasteiger partial charge on any atom is -0.368 e. The monoisotopic (exact) mass is 458 g/mol. The molecule has 0 aliphatic carbocycles. The van der Waals surface area contributed by atoms with Gasteiger partial charge in [-0.05, 0) is 42.0 Å². The molecule has 2 aromatic carbocycles. The largest absolute Gasteiger partial charge is 0.368 e. The van der Waals surface area contributed by atoms with Crippen LogP contribution in [0.5, 0.6) is 0 Å². The van der Waals surface area contributed by atoms with Crippen molar-refractivity contribution >= 4 is 34.2 Å². The van der Waals surface area contributed by atoms with Crippen LogP contribution in [-0.2, 0) is 6.54 Å². The summed E-state index contributed by atoms with van der Waals surface area (Å²) < 4.78 is 1.60. The van der Waals surface area contributed by atoms with E-state index in [1.165, 1.54) is 0 Å². The number of nitrogens with zero attached hydrogens (tertiary/aromatic N) is 4. The summed E-state index contributed by atoms with van der Waals surface area (Å²) >= 11 is 6.13. The van der Waals surface area contributed by atoms with E-state index < -0.39 is 0 Å². The maximum atomic E-state index is 13.4. The molecule has 3 heterocycles. The van der Waals surface area contributed by atoms with Crippen LogP contribution >= 0.6 is 11.6 Å². The van der Waals surface area contributed by atoms with E-state index >= 15 is 0 Å². The van der Waals surface area contributed by atoms with Gasteiger partial charge in [-0.25, -0.2) is 4.98 Å². The molecule has 1 fully saturated rings. The number of anilines is 1. The molecule has 1 saturated heterocycles. The van der Waals surface area contributed by atoms with E-state index in [0.29, 0.717) is 43.4 Å². The normalized spacial score (nSPS) is 14.0. The molecule has 2 aromatic heterocycles. The van der Waals surface area contributed by atoms with Crippen LogP contribution in [0, 0.1) is 0 Å². The lowest BCUT2D eigenvalue weighted by atomic mass is 10.1. The molecule has 0 spiro atoms. The van der Waals surface area contributed by atoms with Gasteiger partial charge in [0, 0.05) is 48.5 Å². The quantitative estimate of drug-likeness (QED) is 0.462. The number of halogens is 1. The Labute approximate surface area is 196 Å². The molecule has 1 amide bonds. The highest BCUT2D eigenvalue weighted by Gasteiger charge is 2.25. The smallest absolute Gasteiger partial charge is 0.265 e. The van der Waals surface area contributed by atoms with Crippen LogP contribution < -0.4 is 10.5 Å². The molecule has 0 bridgehead atoms. The van der Waals surface area contributed by atoms with E-state index in [4.69, 9.17) is 11.6 Å². The van der Waals surface area contributed by atoms with E-state index in [1.54, 1.807) is 21.7 Å². The van der Waals surface area contributed by atoms with E-state index in [2.05, 4.69) is 9.88 Å². The summed E-state index contributed by atoms with van der Waals surface area (Å²) in [6.07, 6.45) is 1.67. The number of hydrogen-bond donors (Lipinski definition) is 0. The first kappa shape index (κ1) is 21.2. The fourth-order valence-electron chi connectivity index (χ4n) is 4.28.